The van der Waals surface area contributed by atoms with Crippen LogP contribution in [-0.2, 0) is 10.5 Å². The Morgan fingerprint density at radius 1 is 1.42 bits per heavy atom. The molecule has 3 aromatic rings. The zero-order chi connectivity index (χ0) is 17.1. The van der Waals surface area contributed by atoms with E-state index in [2.05, 4.69) is 26.2 Å². The molecule has 2 heterocycles. The van der Waals surface area contributed by atoms with Crippen LogP contribution in [0, 0.1) is 5.82 Å². The van der Waals surface area contributed by atoms with Gasteiger partial charge in [-0.3, -0.25) is 14.0 Å². The highest BCUT2D eigenvalue weighted by Gasteiger charge is 2.09. The van der Waals surface area contributed by atoms with Crippen molar-refractivity contribution in [2.45, 2.75) is 5.75 Å². The summed E-state index contributed by atoms with van der Waals surface area (Å²) in [7, 11) is 0. The molecule has 0 aliphatic carbocycles. The van der Waals surface area contributed by atoms with Crippen LogP contribution in [0.5, 0.6) is 0 Å². The maximum atomic E-state index is 13.7. The van der Waals surface area contributed by atoms with Gasteiger partial charge in [0.2, 0.25) is 5.91 Å². The van der Waals surface area contributed by atoms with Crippen LogP contribution in [0.15, 0.2) is 45.1 Å². The minimum absolute atomic E-state index is 0.139. The van der Waals surface area contributed by atoms with E-state index < -0.39 is 5.82 Å². The standard InChI is InChI=1S/C15H11BrFN3O2S2/c16-9-1-2-12(11(17)5-9)19-13(21)8-23-7-10-6-14(22)20-3-4-24-15(20)18-10/h1-6H,7-8H2,(H,19,21). The third-order valence-corrected chi connectivity index (χ3v) is 5.26. The number of hydrogen-bond acceptors (Lipinski definition) is 5. The Morgan fingerprint density at radius 3 is 3.04 bits per heavy atom. The third kappa shape index (κ3) is 4.03. The molecule has 1 aromatic carbocycles. The highest BCUT2D eigenvalue weighted by molar-refractivity contribution is 9.10. The second-order valence-corrected chi connectivity index (χ2v) is 7.58. The number of nitrogens with zero attached hydrogens (tertiary/aromatic N) is 2. The van der Waals surface area contributed by atoms with E-state index >= 15 is 0 Å². The van der Waals surface area contributed by atoms with Crippen LogP contribution in [-0.4, -0.2) is 21.0 Å². The highest BCUT2D eigenvalue weighted by Crippen LogP contribution is 2.20. The van der Waals surface area contributed by atoms with Crippen molar-refractivity contribution in [1.29, 1.82) is 0 Å². The van der Waals surface area contributed by atoms with Gasteiger partial charge in [-0.2, -0.15) is 0 Å². The first-order valence-corrected chi connectivity index (χ1v) is 9.64. The molecular formula is C15H11BrFN3O2S2. The van der Waals surface area contributed by atoms with Gasteiger partial charge in [-0.25, -0.2) is 9.37 Å². The monoisotopic (exact) mass is 427 g/mol. The number of anilines is 1. The summed E-state index contributed by atoms with van der Waals surface area (Å²) in [5.41, 5.74) is 0.619. The third-order valence-electron chi connectivity index (χ3n) is 3.04. The summed E-state index contributed by atoms with van der Waals surface area (Å²) in [6.45, 7) is 0. The van der Waals surface area contributed by atoms with Crippen LogP contribution in [0.25, 0.3) is 4.96 Å². The summed E-state index contributed by atoms with van der Waals surface area (Å²) < 4.78 is 15.7. The maximum Gasteiger partial charge on any atom is 0.258 e. The summed E-state index contributed by atoms with van der Waals surface area (Å²) in [5, 5.41) is 4.31. The molecule has 0 saturated heterocycles. The summed E-state index contributed by atoms with van der Waals surface area (Å²) in [4.78, 5) is 28.7. The van der Waals surface area contributed by atoms with Gasteiger partial charge in [0.05, 0.1) is 17.1 Å². The van der Waals surface area contributed by atoms with Crippen LogP contribution in [0.1, 0.15) is 5.69 Å². The predicted molar refractivity (Wildman–Crippen MR) is 98.2 cm³/mol. The second-order valence-electron chi connectivity index (χ2n) is 4.81. The summed E-state index contributed by atoms with van der Waals surface area (Å²) in [5.74, 6) is -0.239. The van der Waals surface area contributed by atoms with E-state index in [0.29, 0.717) is 20.9 Å². The average molecular weight is 428 g/mol. The van der Waals surface area contributed by atoms with Crippen LogP contribution >= 0.6 is 39.0 Å². The quantitative estimate of drug-likeness (QED) is 0.676. The molecule has 0 aliphatic rings. The van der Waals surface area contributed by atoms with Gasteiger partial charge in [0, 0.05) is 27.9 Å². The number of nitrogens with one attached hydrogen (secondary N) is 1. The summed E-state index contributed by atoms with van der Waals surface area (Å²) in [6, 6.07) is 5.89. The SMILES string of the molecule is O=C(CSCc1cc(=O)n2ccsc2n1)Nc1ccc(Br)cc1F. The Labute approximate surface area is 153 Å². The molecule has 5 nitrogen and oxygen atoms in total. The molecule has 0 spiro atoms. The number of benzene rings is 1. The highest BCUT2D eigenvalue weighted by atomic mass is 79.9. The van der Waals surface area contributed by atoms with Gasteiger partial charge in [0.25, 0.3) is 5.56 Å². The molecule has 0 bridgehead atoms. The van der Waals surface area contributed by atoms with E-state index in [0.717, 1.165) is 0 Å². The Hall–Kier alpha value is -1.71. The van der Waals surface area contributed by atoms with E-state index in [1.54, 1.807) is 17.6 Å². The first-order chi connectivity index (χ1) is 11.5. The smallest absolute Gasteiger partial charge is 0.258 e. The molecule has 24 heavy (non-hydrogen) atoms. The molecule has 3 rings (SSSR count). The van der Waals surface area contributed by atoms with Crippen LogP contribution in [0.2, 0.25) is 0 Å². The normalized spacial score (nSPS) is 10.9. The molecule has 0 radical (unpaired) electrons. The fraction of sp³-hybridized carbons (Fsp3) is 0.133. The molecule has 124 valence electrons. The fourth-order valence-electron chi connectivity index (χ4n) is 1.99. The number of amides is 1. The number of carbonyl (C=O) groups excluding carboxylic acids is 1. The van der Waals surface area contributed by atoms with Crippen molar-refractivity contribution >= 4 is 55.6 Å². The number of carbonyl (C=O) groups is 1. The molecule has 1 N–H and O–H groups in total. The van der Waals surface area contributed by atoms with Crippen LogP contribution < -0.4 is 10.9 Å². The van der Waals surface area contributed by atoms with Crippen LogP contribution in [0.3, 0.4) is 0 Å². The largest absolute Gasteiger partial charge is 0.323 e. The number of thioether (sulfide) groups is 1. The van der Waals surface area contributed by atoms with Crippen molar-refractivity contribution in [2.75, 3.05) is 11.1 Å². The van der Waals surface area contributed by atoms with Crippen molar-refractivity contribution < 1.29 is 9.18 Å². The van der Waals surface area contributed by atoms with Crippen molar-refractivity contribution in [3.05, 3.63) is 62.2 Å². The number of fused-ring (bicyclic) bond motifs is 1. The zero-order valence-electron chi connectivity index (χ0n) is 12.2. The van der Waals surface area contributed by atoms with Gasteiger partial charge in [0.15, 0.2) is 4.96 Å². The van der Waals surface area contributed by atoms with Crippen molar-refractivity contribution in [1.82, 2.24) is 9.38 Å². The number of halogens is 2. The minimum Gasteiger partial charge on any atom is -0.323 e. The molecule has 0 atom stereocenters. The van der Waals surface area contributed by atoms with Crippen molar-refractivity contribution in [2.24, 2.45) is 0 Å². The van der Waals surface area contributed by atoms with E-state index in [4.69, 9.17) is 0 Å². The number of thiazole rings is 1. The van der Waals surface area contributed by atoms with Gasteiger partial charge in [0.1, 0.15) is 5.82 Å². The molecule has 0 saturated carbocycles. The number of hydrogen-bond donors (Lipinski definition) is 1. The lowest BCUT2D eigenvalue weighted by Crippen LogP contribution is -2.16. The molecule has 0 aliphatic heterocycles. The lowest BCUT2D eigenvalue weighted by molar-refractivity contribution is -0.113. The average Bonchev–Trinajstić information content (AvgIpc) is 2.99. The van der Waals surface area contributed by atoms with Crippen LogP contribution in [0.4, 0.5) is 10.1 Å². The Balaban J connectivity index is 1.57. The molecule has 0 unspecified atom stereocenters. The molecule has 2 aromatic heterocycles. The summed E-state index contributed by atoms with van der Waals surface area (Å²) >= 11 is 5.85. The maximum absolute atomic E-state index is 13.7. The Morgan fingerprint density at radius 2 is 2.25 bits per heavy atom. The van der Waals surface area contributed by atoms with E-state index in [-0.39, 0.29) is 22.9 Å². The van der Waals surface area contributed by atoms with Crippen molar-refractivity contribution in [3.63, 3.8) is 0 Å². The topological polar surface area (TPSA) is 63.5 Å². The molecule has 0 fully saturated rings. The van der Waals surface area contributed by atoms with Gasteiger partial charge in [-0.15, -0.1) is 23.1 Å². The van der Waals surface area contributed by atoms with Crippen molar-refractivity contribution in [3.8, 4) is 0 Å². The summed E-state index contributed by atoms with van der Waals surface area (Å²) in [6.07, 6.45) is 1.67. The predicted octanol–water partition coefficient (Wildman–Crippen LogP) is 3.53. The molecular weight excluding hydrogens is 417 g/mol. The Bertz CT molecular complexity index is 957. The Kier molecular flexibility index (Phi) is 5.32. The molecule has 9 heteroatoms. The fourth-order valence-corrected chi connectivity index (χ4v) is 3.78. The number of rotatable bonds is 5. The van der Waals surface area contributed by atoms with E-state index in [9.17, 15) is 14.0 Å². The molecule has 1 amide bonds. The second kappa shape index (κ2) is 7.45. The van der Waals surface area contributed by atoms with E-state index in [1.165, 1.54) is 45.7 Å². The van der Waals surface area contributed by atoms with E-state index in [1.807, 2.05) is 0 Å². The van der Waals surface area contributed by atoms with Gasteiger partial charge in [-0.1, -0.05) is 15.9 Å². The van der Waals surface area contributed by atoms with Gasteiger partial charge >= 0.3 is 0 Å². The number of aromatic nitrogens is 2. The lowest BCUT2D eigenvalue weighted by atomic mass is 10.3. The first kappa shape index (κ1) is 17.1. The zero-order valence-corrected chi connectivity index (χ0v) is 15.4. The minimum atomic E-state index is -0.499. The van der Waals surface area contributed by atoms with Gasteiger partial charge < -0.3 is 5.32 Å². The first-order valence-electron chi connectivity index (χ1n) is 6.81. The van der Waals surface area contributed by atoms with Gasteiger partial charge in [-0.05, 0) is 18.2 Å². The lowest BCUT2D eigenvalue weighted by Gasteiger charge is -2.06.